The number of terminal acetylenes is 1. The summed E-state index contributed by atoms with van der Waals surface area (Å²) in [5.74, 6) is 1.20. The fourth-order valence-corrected chi connectivity index (χ4v) is 1.55. The third-order valence-corrected chi connectivity index (χ3v) is 2.48. The van der Waals surface area contributed by atoms with E-state index in [1.54, 1.807) is 25.1 Å². The predicted molar refractivity (Wildman–Crippen MR) is 73.3 cm³/mol. The molecule has 0 radical (unpaired) electrons. The first-order valence-electron chi connectivity index (χ1n) is 5.45. The molecule has 0 aliphatic rings. The highest BCUT2D eigenvalue weighted by Crippen LogP contribution is 2.19. The molecule has 6 heteroatoms. The maximum absolute atomic E-state index is 12.0. The molecule has 1 aromatic rings. The highest BCUT2D eigenvalue weighted by Gasteiger charge is 2.19. The number of anilines is 1. The number of nitrogens with zero attached hydrogens (tertiary/aromatic N) is 1. The summed E-state index contributed by atoms with van der Waals surface area (Å²) in [6.45, 7) is 1.14. The number of rotatable bonds is 4. The van der Waals surface area contributed by atoms with E-state index in [9.17, 15) is 9.59 Å². The Kier molecular flexibility index (Phi) is 5.22. The molecule has 0 aliphatic heterocycles. The van der Waals surface area contributed by atoms with Crippen molar-refractivity contribution in [3.05, 3.63) is 29.3 Å². The molecule has 100 valence electrons. The summed E-state index contributed by atoms with van der Waals surface area (Å²) >= 11 is 5.83. The third-order valence-electron chi connectivity index (χ3n) is 2.25. The van der Waals surface area contributed by atoms with Crippen molar-refractivity contribution in [1.82, 2.24) is 5.32 Å². The summed E-state index contributed by atoms with van der Waals surface area (Å²) in [6.07, 6.45) is 5.16. The molecule has 2 N–H and O–H groups in total. The van der Waals surface area contributed by atoms with Crippen LogP contribution in [0.2, 0.25) is 5.02 Å². The van der Waals surface area contributed by atoms with Gasteiger partial charge in [0.25, 0.3) is 0 Å². The largest absolute Gasteiger partial charge is 0.480 e. The fraction of sp³-hybridized carbons (Fsp3) is 0.231. The molecular weight excluding hydrogens is 268 g/mol. The van der Waals surface area contributed by atoms with Crippen LogP contribution in [-0.4, -0.2) is 29.7 Å². The molecule has 1 atom stereocenters. The van der Waals surface area contributed by atoms with Crippen LogP contribution in [0.3, 0.4) is 0 Å². The molecule has 0 spiro atoms. The van der Waals surface area contributed by atoms with Crippen molar-refractivity contribution in [2.45, 2.75) is 13.0 Å². The number of halogens is 1. The highest BCUT2D eigenvalue weighted by atomic mass is 35.5. The molecule has 0 fully saturated rings. The maximum atomic E-state index is 12.0. The van der Waals surface area contributed by atoms with Crippen molar-refractivity contribution in [2.75, 3.05) is 11.4 Å². The van der Waals surface area contributed by atoms with Gasteiger partial charge in [-0.05, 0) is 25.1 Å². The van der Waals surface area contributed by atoms with Crippen LogP contribution in [0.25, 0.3) is 0 Å². The van der Waals surface area contributed by atoms with Crippen molar-refractivity contribution in [3.63, 3.8) is 0 Å². The molecule has 1 aromatic carbocycles. The van der Waals surface area contributed by atoms with Crippen LogP contribution in [0.1, 0.15) is 6.92 Å². The molecule has 5 nitrogen and oxygen atoms in total. The topological polar surface area (TPSA) is 69.6 Å². The first-order valence-corrected chi connectivity index (χ1v) is 5.83. The highest BCUT2D eigenvalue weighted by molar-refractivity contribution is 6.30. The van der Waals surface area contributed by atoms with Gasteiger partial charge in [0.2, 0.25) is 0 Å². The van der Waals surface area contributed by atoms with Gasteiger partial charge in [0.15, 0.2) is 0 Å². The molecule has 19 heavy (non-hydrogen) atoms. The summed E-state index contributed by atoms with van der Waals surface area (Å²) in [7, 11) is 0. The molecule has 1 unspecified atom stereocenters. The molecule has 0 saturated carbocycles. The molecular formula is C13H13ClN2O3. The van der Waals surface area contributed by atoms with Crippen molar-refractivity contribution in [3.8, 4) is 12.3 Å². The number of benzene rings is 1. The number of nitrogens with one attached hydrogen (secondary N) is 1. The van der Waals surface area contributed by atoms with Gasteiger partial charge in [0.05, 0.1) is 6.04 Å². The molecule has 0 heterocycles. The van der Waals surface area contributed by atoms with Crippen molar-refractivity contribution >= 4 is 29.3 Å². The summed E-state index contributed by atoms with van der Waals surface area (Å²) in [5, 5.41) is 11.8. The van der Waals surface area contributed by atoms with Gasteiger partial charge >= 0.3 is 12.0 Å². The Balaban J connectivity index is 2.98. The van der Waals surface area contributed by atoms with E-state index in [-0.39, 0.29) is 0 Å². The van der Waals surface area contributed by atoms with Crippen LogP contribution in [-0.2, 0) is 4.79 Å². The van der Waals surface area contributed by atoms with Gasteiger partial charge in [-0.25, -0.2) is 4.79 Å². The van der Waals surface area contributed by atoms with Crippen molar-refractivity contribution in [1.29, 1.82) is 0 Å². The fourth-order valence-electron chi connectivity index (χ4n) is 1.36. The van der Waals surface area contributed by atoms with Crippen molar-refractivity contribution in [2.24, 2.45) is 0 Å². The van der Waals surface area contributed by atoms with E-state index in [1.165, 1.54) is 6.07 Å². The number of hydrogen-bond donors (Lipinski definition) is 2. The Hall–Kier alpha value is -2.19. The summed E-state index contributed by atoms with van der Waals surface area (Å²) < 4.78 is 0. The lowest BCUT2D eigenvalue weighted by Gasteiger charge is -2.22. The lowest BCUT2D eigenvalue weighted by Crippen LogP contribution is -2.45. The normalized spacial score (nSPS) is 11.2. The maximum Gasteiger partial charge on any atom is 0.323 e. The van der Waals surface area contributed by atoms with Gasteiger partial charge < -0.3 is 10.4 Å². The monoisotopic (exact) mass is 280 g/mol. The van der Waals surface area contributed by atoms with E-state index in [1.807, 2.05) is 0 Å². The van der Waals surface area contributed by atoms with Crippen LogP contribution < -0.4 is 10.2 Å². The summed E-state index contributed by atoms with van der Waals surface area (Å²) in [4.78, 5) is 23.9. The Morgan fingerprint density at radius 2 is 2.26 bits per heavy atom. The number of carboxylic acids is 1. The molecule has 0 aromatic heterocycles. The van der Waals surface area contributed by atoms with E-state index < -0.39 is 24.6 Å². The van der Waals surface area contributed by atoms with E-state index >= 15 is 0 Å². The first-order chi connectivity index (χ1) is 8.93. The van der Waals surface area contributed by atoms with Crippen LogP contribution >= 0.6 is 11.6 Å². The Labute approximate surface area is 116 Å². The Morgan fingerprint density at radius 3 is 2.79 bits per heavy atom. The SMILES string of the molecule is C#CC(C)NC(=O)N(CC(=O)O)c1cccc(Cl)c1. The first kappa shape index (κ1) is 14.9. The lowest BCUT2D eigenvalue weighted by molar-refractivity contribution is -0.135. The minimum absolute atomic E-state index is 0.386. The van der Waals surface area contributed by atoms with Crippen LogP contribution in [0.15, 0.2) is 24.3 Å². The van der Waals surface area contributed by atoms with E-state index in [4.69, 9.17) is 23.1 Å². The molecule has 0 bridgehead atoms. The summed E-state index contributed by atoms with van der Waals surface area (Å²) in [6, 6.07) is 5.27. The standard InChI is InChI=1S/C13H13ClN2O3/c1-3-9(2)15-13(19)16(8-12(17)18)11-6-4-5-10(14)7-11/h1,4-7,9H,8H2,2H3,(H,15,19)(H,17,18). The lowest BCUT2D eigenvalue weighted by atomic mass is 10.3. The van der Waals surface area contributed by atoms with Gasteiger partial charge in [-0.2, -0.15) is 0 Å². The van der Waals surface area contributed by atoms with E-state index in [0.29, 0.717) is 10.7 Å². The smallest absolute Gasteiger partial charge is 0.323 e. The van der Waals surface area contributed by atoms with E-state index in [0.717, 1.165) is 4.90 Å². The average Bonchev–Trinajstić information content (AvgIpc) is 2.35. The van der Waals surface area contributed by atoms with Crippen LogP contribution in [0.4, 0.5) is 10.5 Å². The van der Waals surface area contributed by atoms with Crippen LogP contribution in [0.5, 0.6) is 0 Å². The minimum atomic E-state index is -1.14. The minimum Gasteiger partial charge on any atom is -0.480 e. The zero-order chi connectivity index (χ0) is 14.4. The number of amides is 2. The number of hydrogen-bond acceptors (Lipinski definition) is 2. The molecule has 0 saturated heterocycles. The van der Waals surface area contributed by atoms with Gasteiger partial charge in [-0.3, -0.25) is 9.69 Å². The summed E-state index contributed by atoms with van der Waals surface area (Å²) in [5.41, 5.74) is 0.386. The Bertz CT molecular complexity index is 525. The second-order valence-electron chi connectivity index (χ2n) is 3.80. The zero-order valence-electron chi connectivity index (χ0n) is 10.3. The number of urea groups is 1. The second-order valence-corrected chi connectivity index (χ2v) is 4.23. The van der Waals surface area contributed by atoms with Gasteiger partial charge in [-0.1, -0.05) is 23.6 Å². The number of carboxylic acid groups (broad SMARTS) is 1. The number of carbonyl (C=O) groups excluding carboxylic acids is 1. The van der Waals surface area contributed by atoms with Gasteiger partial charge in [0, 0.05) is 10.7 Å². The predicted octanol–water partition coefficient (Wildman–Crippen LogP) is 1.96. The van der Waals surface area contributed by atoms with E-state index in [2.05, 4.69) is 11.2 Å². The second kappa shape index (κ2) is 6.66. The van der Waals surface area contributed by atoms with Gasteiger partial charge in [0.1, 0.15) is 6.54 Å². The molecule has 1 rings (SSSR count). The average molecular weight is 281 g/mol. The quantitative estimate of drug-likeness (QED) is 0.829. The third kappa shape index (κ3) is 4.53. The number of carbonyl (C=O) groups is 2. The zero-order valence-corrected chi connectivity index (χ0v) is 11.0. The Morgan fingerprint density at radius 1 is 1.58 bits per heavy atom. The molecule has 0 aliphatic carbocycles. The van der Waals surface area contributed by atoms with Crippen LogP contribution in [0, 0.1) is 12.3 Å². The van der Waals surface area contributed by atoms with Gasteiger partial charge in [-0.15, -0.1) is 6.42 Å². The molecule has 2 amide bonds. The number of aliphatic carboxylic acids is 1. The van der Waals surface area contributed by atoms with Crippen molar-refractivity contribution < 1.29 is 14.7 Å².